The molecule has 2 heterocycles. The van der Waals surface area contributed by atoms with Crippen LogP contribution in [0.25, 0.3) is 0 Å². The Labute approximate surface area is 43.9 Å². The molecular weight excluding hydrogens is 90.1 g/mol. The number of nitrogens with one attached hydrogen (secondary N) is 1. The van der Waals surface area contributed by atoms with Crippen molar-refractivity contribution in [2.75, 3.05) is 26.3 Å². The number of hydrogen-bond donors (Lipinski definition) is 1. The van der Waals surface area contributed by atoms with Crippen molar-refractivity contribution in [1.82, 2.24) is 5.32 Å². The molecule has 0 atom stereocenters. The van der Waals surface area contributed by atoms with Crippen LogP contribution in [0.5, 0.6) is 0 Å². The van der Waals surface area contributed by atoms with Gasteiger partial charge in [-0.05, 0) is 6.42 Å². The van der Waals surface area contributed by atoms with Crippen molar-refractivity contribution in [3.8, 4) is 0 Å². The van der Waals surface area contributed by atoms with Crippen LogP contribution in [-0.2, 0) is 4.74 Å². The molecule has 0 unspecified atom stereocenters. The molecule has 0 aromatic heterocycles. The fourth-order valence-corrected chi connectivity index (χ4v) is 0.144. The average Bonchev–Trinajstić information content (AvgIpc) is 1.95. The SMILES string of the molecule is C1CN1.C1COC1. The van der Waals surface area contributed by atoms with Crippen molar-refractivity contribution >= 4 is 0 Å². The lowest BCUT2D eigenvalue weighted by atomic mass is 10.4. The van der Waals surface area contributed by atoms with Crippen molar-refractivity contribution < 1.29 is 4.74 Å². The highest BCUT2D eigenvalue weighted by Crippen LogP contribution is 1.93. The summed E-state index contributed by atoms with van der Waals surface area (Å²) in [4.78, 5) is 0. The molecule has 1 N–H and O–H groups in total. The van der Waals surface area contributed by atoms with Crippen LogP contribution < -0.4 is 5.32 Å². The Morgan fingerprint density at radius 3 is 1.43 bits per heavy atom. The standard InChI is InChI=1S/C3H6O.C2H5N/c1-2-4-3-1;1-2-3-1/h1-3H2;3H,1-2H2. The fourth-order valence-electron chi connectivity index (χ4n) is 0.144. The zero-order chi connectivity index (χ0) is 4.95. The fraction of sp³-hybridized carbons (Fsp3) is 1.00. The van der Waals surface area contributed by atoms with Crippen LogP contribution in [0.4, 0.5) is 0 Å². The van der Waals surface area contributed by atoms with Gasteiger partial charge in [-0.25, -0.2) is 0 Å². The Hall–Kier alpha value is -0.0800. The maximum Gasteiger partial charge on any atom is 0.0488 e. The molecule has 0 saturated carbocycles. The molecule has 7 heavy (non-hydrogen) atoms. The van der Waals surface area contributed by atoms with Crippen molar-refractivity contribution in [2.45, 2.75) is 6.42 Å². The maximum absolute atomic E-state index is 4.72. The molecule has 42 valence electrons. The number of hydrogen-bond acceptors (Lipinski definition) is 2. The van der Waals surface area contributed by atoms with E-state index in [2.05, 4.69) is 5.32 Å². The summed E-state index contributed by atoms with van der Waals surface area (Å²) < 4.78 is 4.72. The van der Waals surface area contributed by atoms with Crippen molar-refractivity contribution in [3.63, 3.8) is 0 Å². The highest BCUT2D eigenvalue weighted by atomic mass is 16.5. The predicted molar refractivity (Wildman–Crippen MR) is 28.3 cm³/mol. The zero-order valence-corrected chi connectivity index (χ0v) is 4.44. The molecule has 2 aliphatic rings. The third kappa shape index (κ3) is 3.76. The van der Waals surface area contributed by atoms with Crippen LogP contribution in [0.3, 0.4) is 0 Å². The van der Waals surface area contributed by atoms with E-state index in [4.69, 9.17) is 4.74 Å². The first kappa shape index (κ1) is 5.06. The smallest absolute Gasteiger partial charge is 0.0488 e. The molecule has 0 radical (unpaired) electrons. The summed E-state index contributed by atoms with van der Waals surface area (Å²) in [6.07, 6.45) is 1.28. The van der Waals surface area contributed by atoms with Gasteiger partial charge in [0.1, 0.15) is 0 Å². The summed E-state index contributed by atoms with van der Waals surface area (Å²) in [6.45, 7) is 4.50. The lowest BCUT2D eigenvalue weighted by Gasteiger charge is -2.09. The second kappa shape index (κ2) is 2.99. The maximum atomic E-state index is 4.72. The van der Waals surface area contributed by atoms with Crippen LogP contribution >= 0.6 is 0 Å². The summed E-state index contributed by atoms with van der Waals surface area (Å²) in [5.41, 5.74) is 0. The largest absolute Gasteiger partial charge is 0.381 e. The summed E-state index contributed by atoms with van der Waals surface area (Å²) in [5.74, 6) is 0. The van der Waals surface area contributed by atoms with E-state index in [1.54, 1.807) is 0 Å². The molecule has 2 fully saturated rings. The van der Waals surface area contributed by atoms with Gasteiger partial charge >= 0.3 is 0 Å². The van der Waals surface area contributed by atoms with Gasteiger partial charge in [0.25, 0.3) is 0 Å². The second-order valence-corrected chi connectivity index (χ2v) is 1.72. The Morgan fingerprint density at radius 2 is 1.43 bits per heavy atom. The van der Waals surface area contributed by atoms with E-state index in [0.29, 0.717) is 0 Å². The van der Waals surface area contributed by atoms with Gasteiger partial charge in [-0.15, -0.1) is 0 Å². The first-order valence-corrected chi connectivity index (χ1v) is 2.78. The Morgan fingerprint density at radius 1 is 1.14 bits per heavy atom. The molecule has 2 nitrogen and oxygen atoms in total. The van der Waals surface area contributed by atoms with Gasteiger partial charge in [0.05, 0.1) is 0 Å². The molecule has 0 aromatic rings. The van der Waals surface area contributed by atoms with E-state index in [0.717, 1.165) is 13.2 Å². The van der Waals surface area contributed by atoms with E-state index >= 15 is 0 Å². The molecule has 2 aliphatic heterocycles. The summed E-state index contributed by atoms with van der Waals surface area (Å²) in [5, 5.41) is 3.00. The molecule has 0 spiro atoms. The molecule has 2 saturated heterocycles. The van der Waals surface area contributed by atoms with Crippen LogP contribution in [0.1, 0.15) is 6.42 Å². The molecule has 2 heteroatoms. The van der Waals surface area contributed by atoms with E-state index in [1.807, 2.05) is 0 Å². The number of ether oxygens (including phenoxy) is 1. The molecule has 2 rings (SSSR count). The minimum atomic E-state index is 1.00. The monoisotopic (exact) mass is 101 g/mol. The Balaban J connectivity index is 0.0000000729. The second-order valence-electron chi connectivity index (χ2n) is 1.72. The highest BCUT2D eigenvalue weighted by Gasteiger charge is 1.94. The Kier molecular flexibility index (Phi) is 2.17. The normalized spacial score (nSPS) is 24.0. The predicted octanol–water partition coefficient (Wildman–Crippen LogP) is -0.00370. The summed E-state index contributed by atoms with van der Waals surface area (Å²) in [7, 11) is 0. The van der Waals surface area contributed by atoms with E-state index in [-0.39, 0.29) is 0 Å². The van der Waals surface area contributed by atoms with Gasteiger partial charge in [0.15, 0.2) is 0 Å². The highest BCUT2D eigenvalue weighted by molar-refractivity contribution is 4.58. The summed E-state index contributed by atoms with van der Waals surface area (Å²) >= 11 is 0. The van der Waals surface area contributed by atoms with E-state index in [1.165, 1.54) is 19.5 Å². The third-order valence-electron chi connectivity index (χ3n) is 0.827. The van der Waals surface area contributed by atoms with E-state index < -0.39 is 0 Å². The minimum Gasteiger partial charge on any atom is -0.381 e. The Bertz CT molecular complexity index is 34.6. The first-order valence-electron chi connectivity index (χ1n) is 2.78. The van der Waals surface area contributed by atoms with Gasteiger partial charge in [-0.2, -0.15) is 0 Å². The average molecular weight is 101 g/mol. The number of rotatable bonds is 0. The first-order chi connectivity index (χ1) is 3.50. The molecule has 0 bridgehead atoms. The zero-order valence-electron chi connectivity index (χ0n) is 4.44. The lowest BCUT2D eigenvalue weighted by molar-refractivity contribution is 0.0367. The quantitative estimate of drug-likeness (QED) is 0.435. The van der Waals surface area contributed by atoms with Gasteiger partial charge in [-0.1, -0.05) is 0 Å². The van der Waals surface area contributed by atoms with E-state index in [9.17, 15) is 0 Å². The molecule has 0 aromatic carbocycles. The lowest BCUT2D eigenvalue weighted by Crippen LogP contribution is -2.09. The van der Waals surface area contributed by atoms with Crippen LogP contribution in [0.15, 0.2) is 0 Å². The van der Waals surface area contributed by atoms with Crippen molar-refractivity contribution in [1.29, 1.82) is 0 Å². The topological polar surface area (TPSA) is 31.2 Å². The van der Waals surface area contributed by atoms with Gasteiger partial charge in [-0.3, -0.25) is 0 Å². The van der Waals surface area contributed by atoms with Crippen LogP contribution in [-0.4, -0.2) is 26.3 Å². The van der Waals surface area contributed by atoms with Gasteiger partial charge in [0.2, 0.25) is 0 Å². The minimum absolute atomic E-state index is 1.00. The molecule has 0 aliphatic carbocycles. The van der Waals surface area contributed by atoms with Gasteiger partial charge < -0.3 is 10.1 Å². The molecular formula is C5H11NO. The summed E-state index contributed by atoms with van der Waals surface area (Å²) in [6, 6.07) is 0. The van der Waals surface area contributed by atoms with Gasteiger partial charge in [0, 0.05) is 26.3 Å². The van der Waals surface area contributed by atoms with Crippen LogP contribution in [0.2, 0.25) is 0 Å². The molecule has 0 amide bonds. The third-order valence-corrected chi connectivity index (χ3v) is 0.827. The van der Waals surface area contributed by atoms with Crippen LogP contribution in [0, 0.1) is 0 Å². The van der Waals surface area contributed by atoms with Crippen molar-refractivity contribution in [2.24, 2.45) is 0 Å². The van der Waals surface area contributed by atoms with Crippen molar-refractivity contribution in [3.05, 3.63) is 0 Å².